The maximum absolute atomic E-state index is 13.2. The van der Waals surface area contributed by atoms with Gasteiger partial charge in [-0.3, -0.25) is 4.79 Å². The van der Waals surface area contributed by atoms with Crippen LogP contribution in [0.5, 0.6) is 11.5 Å². The number of sulfone groups is 1. The van der Waals surface area contributed by atoms with E-state index in [4.69, 9.17) is 9.47 Å². The van der Waals surface area contributed by atoms with Crippen molar-refractivity contribution in [3.63, 3.8) is 0 Å². The van der Waals surface area contributed by atoms with Crippen LogP contribution in [0.2, 0.25) is 0 Å². The second-order valence-corrected chi connectivity index (χ2v) is 8.76. The van der Waals surface area contributed by atoms with E-state index in [1.165, 1.54) is 12.3 Å². The Bertz CT molecular complexity index is 1100. The molecule has 0 spiro atoms. The first-order valence-electron chi connectivity index (χ1n) is 9.10. The third kappa shape index (κ3) is 2.56. The Morgan fingerprint density at radius 1 is 0.964 bits per heavy atom. The number of nitrogens with zero attached hydrogens (tertiary/aromatic N) is 2. The Hall–Kier alpha value is -3.00. The molecule has 1 saturated heterocycles. The summed E-state index contributed by atoms with van der Waals surface area (Å²) in [6.07, 6.45) is 3.21. The average molecular weight is 398 g/mol. The van der Waals surface area contributed by atoms with Crippen molar-refractivity contribution in [2.24, 2.45) is 0 Å². The molecule has 28 heavy (non-hydrogen) atoms. The number of hydrogen-bond acceptors (Lipinski definition) is 6. The standard InChI is InChI=1S/C20H18N2O5S/c23-20(21-9-3-4-10-21)19-12-22(14-7-8-16-17(11-14)27-13-26-16)15-5-1-2-6-18(15)28(19,24)25/h1-2,5-8,11-12H,3-4,9-10,13H2. The van der Waals surface area contributed by atoms with E-state index in [0.717, 1.165) is 12.8 Å². The molecule has 8 heteroatoms. The molecule has 0 unspecified atom stereocenters. The van der Waals surface area contributed by atoms with Crippen molar-refractivity contribution in [3.05, 3.63) is 53.6 Å². The molecule has 0 aliphatic carbocycles. The highest BCUT2D eigenvalue weighted by molar-refractivity contribution is 7.96. The summed E-state index contributed by atoms with van der Waals surface area (Å²) in [5.74, 6) is 0.779. The number of fused-ring (bicyclic) bond motifs is 2. The number of carbonyl (C=O) groups excluding carboxylic acids is 1. The fraction of sp³-hybridized carbons (Fsp3) is 0.250. The molecule has 1 fully saturated rings. The third-order valence-electron chi connectivity index (χ3n) is 5.19. The molecule has 3 aliphatic heterocycles. The van der Waals surface area contributed by atoms with Crippen LogP contribution in [0.4, 0.5) is 11.4 Å². The monoisotopic (exact) mass is 398 g/mol. The number of likely N-dealkylation sites (tertiary alicyclic amines) is 1. The minimum Gasteiger partial charge on any atom is -0.454 e. The largest absolute Gasteiger partial charge is 0.454 e. The summed E-state index contributed by atoms with van der Waals surface area (Å²) >= 11 is 0. The van der Waals surface area contributed by atoms with Gasteiger partial charge in [0.25, 0.3) is 5.91 Å². The van der Waals surface area contributed by atoms with Gasteiger partial charge in [-0.2, -0.15) is 0 Å². The van der Waals surface area contributed by atoms with Gasteiger partial charge in [0.1, 0.15) is 0 Å². The van der Waals surface area contributed by atoms with E-state index in [0.29, 0.717) is 36.0 Å². The highest BCUT2D eigenvalue weighted by Crippen LogP contribution is 2.43. The summed E-state index contributed by atoms with van der Waals surface area (Å²) in [6, 6.07) is 12.1. The van der Waals surface area contributed by atoms with E-state index in [9.17, 15) is 13.2 Å². The predicted octanol–water partition coefficient (Wildman–Crippen LogP) is 2.80. The van der Waals surface area contributed by atoms with Crippen molar-refractivity contribution >= 4 is 27.1 Å². The van der Waals surface area contributed by atoms with Crippen molar-refractivity contribution in [3.8, 4) is 11.5 Å². The fourth-order valence-corrected chi connectivity index (χ4v) is 5.29. The molecule has 2 aromatic carbocycles. The van der Waals surface area contributed by atoms with Gasteiger partial charge in [-0.25, -0.2) is 8.42 Å². The zero-order valence-electron chi connectivity index (χ0n) is 15.0. The van der Waals surface area contributed by atoms with Gasteiger partial charge in [0.15, 0.2) is 16.4 Å². The summed E-state index contributed by atoms with van der Waals surface area (Å²) in [4.78, 5) is 16.2. The van der Waals surface area contributed by atoms with E-state index < -0.39 is 15.7 Å². The van der Waals surface area contributed by atoms with E-state index in [2.05, 4.69) is 0 Å². The number of rotatable bonds is 2. The molecule has 2 aromatic rings. The summed E-state index contributed by atoms with van der Waals surface area (Å²) in [5.41, 5.74) is 1.19. The smallest absolute Gasteiger partial charge is 0.267 e. The molecular weight excluding hydrogens is 380 g/mol. The van der Waals surface area contributed by atoms with Crippen LogP contribution in [0.1, 0.15) is 12.8 Å². The Balaban J connectivity index is 1.66. The summed E-state index contributed by atoms with van der Waals surface area (Å²) in [6.45, 7) is 1.31. The van der Waals surface area contributed by atoms with Crippen LogP contribution < -0.4 is 14.4 Å². The van der Waals surface area contributed by atoms with Gasteiger partial charge in [0, 0.05) is 31.0 Å². The topological polar surface area (TPSA) is 76.1 Å². The molecule has 3 aliphatic rings. The molecule has 144 valence electrons. The van der Waals surface area contributed by atoms with Gasteiger partial charge in [0.05, 0.1) is 10.6 Å². The lowest BCUT2D eigenvalue weighted by molar-refractivity contribution is -0.125. The lowest BCUT2D eigenvalue weighted by Gasteiger charge is -2.30. The molecule has 7 nitrogen and oxygen atoms in total. The maximum atomic E-state index is 13.2. The van der Waals surface area contributed by atoms with Gasteiger partial charge in [0.2, 0.25) is 16.6 Å². The van der Waals surface area contributed by atoms with Crippen LogP contribution in [0, 0.1) is 0 Å². The summed E-state index contributed by atoms with van der Waals surface area (Å²) < 4.78 is 37.2. The van der Waals surface area contributed by atoms with Crippen molar-refractivity contribution in [1.82, 2.24) is 4.90 Å². The zero-order chi connectivity index (χ0) is 19.3. The number of hydrogen-bond donors (Lipinski definition) is 0. The van der Waals surface area contributed by atoms with Gasteiger partial charge in [-0.1, -0.05) is 12.1 Å². The Morgan fingerprint density at radius 3 is 2.54 bits per heavy atom. The van der Waals surface area contributed by atoms with E-state index in [1.54, 1.807) is 40.1 Å². The molecule has 0 saturated carbocycles. The number of amides is 1. The van der Waals surface area contributed by atoms with Crippen LogP contribution in [-0.4, -0.2) is 39.1 Å². The molecule has 0 atom stereocenters. The molecule has 0 aromatic heterocycles. The number of para-hydroxylation sites is 1. The minimum atomic E-state index is -3.90. The van der Waals surface area contributed by atoms with Crippen LogP contribution in [0.25, 0.3) is 0 Å². The van der Waals surface area contributed by atoms with Gasteiger partial charge in [-0.05, 0) is 37.1 Å². The second-order valence-electron chi connectivity index (χ2n) is 6.87. The van der Waals surface area contributed by atoms with Gasteiger partial charge in [-0.15, -0.1) is 0 Å². The Morgan fingerprint density at radius 2 is 1.71 bits per heavy atom. The van der Waals surface area contributed by atoms with Crippen LogP contribution in [0.3, 0.4) is 0 Å². The normalized spacial score (nSPS) is 19.4. The summed E-state index contributed by atoms with van der Waals surface area (Å²) in [5, 5.41) is 0. The van der Waals surface area contributed by atoms with Crippen molar-refractivity contribution in [2.45, 2.75) is 17.7 Å². The maximum Gasteiger partial charge on any atom is 0.267 e. The van der Waals surface area contributed by atoms with Gasteiger partial charge >= 0.3 is 0 Å². The fourth-order valence-electron chi connectivity index (χ4n) is 3.75. The number of ether oxygens (including phenoxy) is 2. The van der Waals surface area contributed by atoms with E-state index in [-0.39, 0.29) is 16.6 Å². The van der Waals surface area contributed by atoms with Crippen LogP contribution in [-0.2, 0) is 14.6 Å². The number of benzene rings is 2. The second kappa shape index (κ2) is 6.27. The van der Waals surface area contributed by atoms with Crippen LogP contribution >= 0.6 is 0 Å². The Kier molecular flexibility index (Phi) is 3.83. The number of anilines is 2. The zero-order valence-corrected chi connectivity index (χ0v) is 15.8. The first kappa shape index (κ1) is 17.1. The van der Waals surface area contributed by atoms with Crippen molar-refractivity contribution < 1.29 is 22.7 Å². The van der Waals surface area contributed by atoms with E-state index >= 15 is 0 Å². The molecule has 3 heterocycles. The predicted molar refractivity (Wildman–Crippen MR) is 102 cm³/mol. The van der Waals surface area contributed by atoms with Crippen molar-refractivity contribution in [1.29, 1.82) is 0 Å². The average Bonchev–Trinajstić information content (AvgIpc) is 3.39. The molecule has 1 amide bonds. The Labute approximate surface area is 162 Å². The lowest BCUT2D eigenvalue weighted by Crippen LogP contribution is -2.35. The SMILES string of the molecule is O=C(C1=CN(c2ccc3c(c2)OCO3)c2ccccc2S1(=O)=O)N1CCCC1. The third-order valence-corrected chi connectivity index (χ3v) is 6.97. The molecular formula is C20H18N2O5S. The molecule has 0 N–H and O–H groups in total. The molecule has 0 radical (unpaired) electrons. The highest BCUT2D eigenvalue weighted by atomic mass is 32.2. The molecule has 5 rings (SSSR count). The highest BCUT2D eigenvalue weighted by Gasteiger charge is 2.38. The molecule has 0 bridgehead atoms. The number of carbonyl (C=O) groups is 1. The minimum absolute atomic E-state index is 0.123. The first-order chi connectivity index (χ1) is 13.6. The quantitative estimate of drug-likeness (QED) is 0.774. The van der Waals surface area contributed by atoms with Gasteiger partial charge < -0.3 is 19.3 Å². The van der Waals surface area contributed by atoms with Crippen molar-refractivity contribution in [2.75, 3.05) is 24.8 Å². The lowest BCUT2D eigenvalue weighted by atomic mass is 10.2. The van der Waals surface area contributed by atoms with E-state index in [1.807, 2.05) is 6.07 Å². The van der Waals surface area contributed by atoms with Crippen LogP contribution in [0.15, 0.2) is 58.5 Å². The summed E-state index contributed by atoms with van der Waals surface area (Å²) in [7, 11) is -3.90. The first-order valence-corrected chi connectivity index (χ1v) is 10.6.